The van der Waals surface area contributed by atoms with Crippen molar-refractivity contribution in [1.82, 2.24) is 0 Å². The third-order valence-electron chi connectivity index (χ3n) is 16.7. The van der Waals surface area contributed by atoms with Crippen LogP contribution in [0, 0.1) is 0 Å². The molecule has 4 unspecified atom stereocenters. The third kappa shape index (κ3) is 0.133. The number of carbonyl (C=O) groups is 1. The van der Waals surface area contributed by atoms with E-state index >= 15 is 0 Å². The summed E-state index contributed by atoms with van der Waals surface area (Å²) in [4.78, 5) is 24.2. The number of carbonyl (C=O) groups excluding carboxylic acids is 1. The van der Waals surface area contributed by atoms with Crippen molar-refractivity contribution < 1.29 is 20.8 Å². The Morgan fingerprint density at radius 3 is 1.96 bits per heavy atom. The summed E-state index contributed by atoms with van der Waals surface area (Å²) in [7, 11) is 3.35. The van der Waals surface area contributed by atoms with Gasteiger partial charge < -0.3 is 0 Å². The zero-order valence-electron chi connectivity index (χ0n) is 13.0. The molecule has 0 amide bonds. The second-order valence-corrected chi connectivity index (χ2v) is 35.6. The molecule has 0 saturated carbocycles. The summed E-state index contributed by atoms with van der Waals surface area (Å²) in [6, 6.07) is 5.84. The fourth-order valence-corrected chi connectivity index (χ4v) is 91.8. The molecule has 10 heterocycles. The molecule has 10 fully saturated rings. The van der Waals surface area contributed by atoms with E-state index in [1.54, 1.807) is 14.2 Å². The Morgan fingerprint density at radius 1 is 0.957 bits per heavy atom. The van der Waals surface area contributed by atoms with Crippen molar-refractivity contribution >= 4 is 5.78 Å². The number of benzene rings is 1. The topological polar surface area (TPSA) is 35.5 Å². The van der Waals surface area contributed by atoms with Crippen LogP contribution in [-0.2, 0) is 6.51 Å². The molecular formula is C19H18FeO3. The van der Waals surface area contributed by atoms with Crippen LogP contribution in [0.25, 0.3) is 0 Å². The number of hydrogen-bond donors (Lipinski definition) is 0. The van der Waals surface area contributed by atoms with E-state index in [0.29, 0.717) is 5.78 Å². The maximum absolute atomic E-state index is 13.9. The summed E-state index contributed by atoms with van der Waals surface area (Å²) in [5, 5.41) is 0. The number of Topliss-reactive ketones (excluding diaryl/α,β-unsaturated/α-hetero) is 1. The van der Waals surface area contributed by atoms with E-state index in [4.69, 9.17) is 9.47 Å². The van der Waals surface area contributed by atoms with Gasteiger partial charge in [-0.25, -0.2) is 0 Å². The van der Waals surface area contributed by atoms with Gasteiger partial charge >= 0.3 is 124 Å². The summed E-state index contributed by atoms with van der Waals surface area (Å²) in [6.45, 7) is -3.36. The molecule has 10 saturated heterocycles. The molecule has 4 heteroatoms. The summed E-state index contributed by atoms with van der Waals surface area (Å²) in [5.74, 6) is 2.07. The van der Waals surface area contributed by atoms with Gasteiger partial charge in [-0.2, -0.15) is 0 Å². The molecule has 0 N–H and O–H groups in total. The molecule has 1 spiro atoms. The number of fused-ring (bicyclic) bond motifs is 10. The van der Waals surface area contributed by atoms with Gasteiger partial charge in [0.25, 0.3) is 0 Å². The third-order valence-corrected chi connectivity index (χ3v) is 59.0. The van der Waals surface area contributed by atoms with Crippen LogP contribution in [0.15, 0.2) is 18.2 Å². The van der Waals surface area contributed by atoms with E-state index in [0.717, 1.165) is 26.7 Å². The number of methoxy groups -OCH3 is 2. The van der Waals surface area contributed by atoms with E-state index in [-0.39, 0.29) is 4.31 Å². The molecule has 1 aromatic carbocycles. The predicted molar refractivity (Wildman–Crippen MR) is 80.3 cm³/mol. The van der Waals surface area contributed by atoms with Gasteiger partial charge in [0.2, 0.25) is 0 Å². The van der Waals surface area contributed by atoms with Gasteiger partial charge in [-0.05, 0) is 0 Å². The first-order chi connectivity index (χ1) is 10.9. The predicted octanol–water partition coefficient (Wildman–Crippen LogP) is 4.65. The minimum absolute atomic E-state index is 0.279. The summed E-state index contributed by atoms with van der Waals surface area (Å²) in [6.07, 6.45) is 0. The van der Waals surface area contributed by atoms with Crippen molar-refractivity contribution in [2.75, 3.05) is 14.2 Å². The molecule has 0 bridgehead atoms. The van der Waals surface area contributed by atoms with Crippen molar-refractivity contribution in [3.8, 4) is 11.5 Å². The molecule has 0 radical (unpaired) electrons. The average molecular weight is 350 g/mol. The van der Waals surface area contributed by atoms with Crippen molar-refractivity contribution in [2.24, 2.45) is 0 Å². The van der Waals surface area contributed by atoms with Crippen molar-refractivity contribution in [1.29, 1.82) is 0 Å². The summed E-state index contributed by atoms with van der Waals surface area (Å²) < 4.78 is 11.2. The SMILES string of the molecule is COc1ccc(C(=O)[C]23[CH]4[CH]5[CH]6[CH]2[Fe]56432789[CH]3[CH]2[CH]7[CH]8[CH]39)c(OC)c1. The number of rotatable bonds is 4. The van der Waals surface area contributed by atoms with Gasteiger partial charge in [0.05, 0.1) is 0 Å². The molecule has 120 valence electrons. The van der Waals surface area contributed by atoms with E-state index in [1.807, 2.05) is 18.2 Å². The quantitative estimate of drug-likeness (QED) is 0.586. The fourth-order valence-electron chi connectivity index (χ4n) is 18.0. The monoisotopic (exact) mass is 350 g/mol. The van der Waals surface area contributed by atoms with Crippen LogP contribution in [0.2, 0.25) is 47.7 Å². The van der Waals surface area contributed by atoms with Gasteiger partial charge in [-0.1, -0.05) is 0 Å². The molecule has 0 aliphatic carbocycles. The van der Waals surface area contributed by atoms with Crippen LogP contribution in [0.5, 0.6) is 11.5 Å². The van der Waals surface area contributed by atoms with Gasteiger partial charge in [0.1, 0.15) is 0 Å². The van der Waals surface area contributed by atoms with Gasteiger partial charge in [0.15, 0.2) is 0 Å². The van der Waals surface area contributed by atoms with E-state index < -0.39 is 6.51 Å². The summed E-state index contributed by atoms with van der Waals surface area (Å²) >= 11 is 0. The molecule has 10 aliphatic rings. The van der Waals surface area contributed by atoms with Crippen LogP contribution >= 0.6 is 0 Å². The van der Waals surface area contributed by atoms with Crippen molar-refractivity contribution in [2.45, 2.75) is 47.7 Å². The Labute approximate surface area is 124 Å². The maximum atomic E-state index is 13.9. The summed E-state index contributed by atoms with van der Waals surface area (Å²) in [5.41, 5.74) is 0.876. The van der Waals surface area contributed by atoms with E-state index in [9.17, 15) is 4.79 Å². The molecule has 23 heavy (non-hydrogen) atoms. The first-order valence-corrected chi connectivity index (χ1v) is 15.2. The number of hydrogen-bond acceptors (Lipinski definition) is 3. The second-order valence-electron chi connectivity index (χ2n) is 12.1. The van der Waals surface area contributed by atoms with Crippen LogP contribution < -0.4 is 9.47 Å². The first kappa shape index (κ1) is 9.48. The Balaban J connectivity index is 1.27. The van der Waals surface area contributed by atoms with Crippen LogP contribution in [0.4, 0.5) is 0 Å². The second kappa shape index (κ2) is 0.952. The Kier molecular flexibility index (Phi) is 0.392. The van der Waals surface area contributed by atoms with Crippen LogP contribution in [0.1, 0.15) is 10.4 Å². The molecule has 10 aliphatic heterocycles. The zero-order valence-corrected chi connectivity index (χ0v) is 14.1. The van der Waals surface area contributed by atoms with E-state index in [2.05, 4.69) is 0 Å². The molecule has 1 aromatic rings. The zero-order chi connectivity index (χ0) is 14.9. The van der Waals surface area contributed by atoms with Crippen molar-refractivity contribution in [3.63, 3.8) is 0 Å². The normalized spacial score (nSPS) is 90.6. The molecule has 0 aromatic heterocycles. The van der Waals surface area contributed by atoms with Gasteiger partial charge in [-0.3, -0.25) is 0 Å². The number of ketones is 1. The standard InChI is InChI=1S/C14H13O3.C5H5.Fe/c1-16-11-7-8-12(13(9-11)17-2)14(15)10-5-3-4-6-10;1-2-4-5-3-1;/h3-9H,1-2H3;1-5H;. The Bertz CT molecular complexity index is 1270. The van der Waals surface area contributed by atoms with Gasteiger partial charge in [0, 0.05) is 0 Å². The molecule has 3 nitrogen and oxygen atoms in total. The first-order valence-electron chi connectivity index (χ1n) is 8.92. The molecular weight excluding hydrogens is 332 g/mol. The van der Waals surface area contributed by atoms with E-state index in [1.165, 1.54) is 33.7 Å². The average Bonchev–Trinajstić information content (AvgIpc) is 3.53. The molecule has 11 rings (SSSR count). The van der Waals surface area contributed by atoms with Gasteiger partial charge in [-0.15, -0.1) is 0 Å². The fraction of sp³-hybridized carbons (Fsp3) is 0.632. The van der Waals surface area contributed by atoms with Crippen LogP contribution in [0.3, 0.4) is 0 Å². The Hall–Kier alpha value is -0.991. The molecule has 4 atom stereocenters. The van der Waals surface area contributed by atoms with Crippen molar-refractivity contribution in [3.05, 3.63) is 23.8 Å². The van der Waals surface area contributed by atoms with Crippen LogP contribution in [-0.4, -0.2) is 20.0 Å². The Morgan fingerprint density at radius 2 is 1.57 bits per heavy atom. The minimum atomic E-state index is -3.36. The number of ether oxygens (including phenoxy) is 2.